The number of halogens is 3. The van der Waals surface area contributed by atoms with Crippen molar-refractivity contribution in [2.45, 2.75) is 51.6 Å². The minimum absolute atomic E-state index is 0.0131. The number of carbonyl (C=O) groups excluding carboxylic acids is 1. The lowest BCUT2D eigenvalue weighted by molar-refractivity contribution is -0.137. The summed E-state index contributed by atoms with van der Waals surface area (Å²) in [6.45, 7) is 5.33. The molecule has 34 heavy (non-hydrogen) atoms. The molecule has 1 saturated carbocycles. The maximum Gasteiger partial charge on any atom is 0.416 e. The Hall–Kier alpha value is -3.72. The SMILES string of the molecule is Cc1[nH]nc2c1C(c1cc(C#CC3CCC(=O)C3)cc(C(F)(F)F)c1)(C(C)C)C(C#N)=C(N)O2. The van der Waals surface area contributed by atoms with Crippen LogP contribution in [0.2, 0.25) is 0 Å². The van der Waals surface area contributed by atoms with Gasteiger partial charge in [-0.3, -0.25) is 9.89 Å². The Labute approximate surface area is 195 Å². The van der Waals surface area contributed by atoms with Crippen molar-refractivity contribution < 1.29 is 22.7 Å². The van der Waals surface area contributed by atoms with Crippen molar-refractivity contribution in [3.05, 3.63) is 57.6 Å². The van der Waals surface area contributed by atoms with Crippen molar-refractivity contribution in [2.24, 2.45) is 17.6 Å². The summed E-state index contributed by atoms with van der Waals surface area (Å²) >= 11 is 0. The first-order valence-electron chi connectivity index (χ1n) is 10.9. The zero-order valence-corrected chi connectivity index (χ0v) is 18.9. The van der Waals surface area contributed by atoms with E-state index in [4.69, 9.17) is 10.5 Å². The van der Waals surface area contributed by atoms with Crippen LogP contribution in [0.15, 0.2) is 29.7 Å². The number of ketones is 1. The standard InChI is InChI=1S/C25H23F3N4O2/c1-13(2)24(20(12-29)22(30)34-23-21(24)14(3)31-32-23)17-8-16(9-18(11-17)25(26,27)28)5-4-15-6-7-19(33)10-15/h8-9,11,13,15H,6-7,10,30H2,1-3H3,(H,31,32). The van der Waals surface area contributed by atoms with Crippen LogP contribution in [0.25, 0.3) is 0 Å². The maximum atomic E-state index is 14.0. The number of nitrogens with zero attached hydrogens (tertiary/aromatic N) is 2. The van der Waals surface area contributed by atoms with E-state index in [1.165, 1.54) is 0 Å². The number of hydrogen-bond donors (Lipinski definition) is 2. The van der Waals surface area contributed by atoms with Gasteiger partial charge < -0.3 is 10.5 Å². The van der Waals surface area contributed by atoms with Crippen molar-refractivity contribution in [2.75, 3.05) is 0 Å². The normalized spacial score (nSPS) is 22.2. The molecule has 1 fully saturated rings. The van der Waals surface area contributed by atoms with E-state index in [2.05, 4.69) is 28.1 Å². The van der Waals surface area contributed by atoms with Gasteiger partial charge in [0, 0.05) is 30.0 Å². The molecular formula is C25H23F3N4O2. The number of rotatable bonds is 2. The molecule has 0 amide bonds. The number of alkyl halides is 3. The highest BCUT2D eigenvalue weighted by atomic mass is 19.4. The summed E-state index contributed by atoms with van der Waals surface area (Å²) in [5.74, 6) is 5.25. The number of allylic oxidation sites excluding steroid dienone is 1. The molecule has 1 aliphatic carbocycles. The number of benzene rings is 1. The Balaban J connectivity index is 2.01. The van der Waals surface area contributed by atoms with E-state index in [0.29, 0.717) is 30.5 Å². The third kappa shape index (κ3) is 3.71. The Morgan fingerprint density at radius 1 is 1.32 bits per heavy atom. The predicted octanol–water partition coefficient (Wildman–Crippen LogP) is 4.49. The van der Waals surface area contributed by atoms with Crippen LogP contribution in [-0.2, 0) is 16.4 Å². The molecule has 0 radical (unpaired) electrons. The third-order valence-electron chi connectivity index (χ3n) is 6.52. The molecular weight excluding hydrogens is 445 g/mol. The van der Waals surface area contributed by atoms with Gasteiger partial charge in [-0.05, 0) is 43.0 Å². The number of carbonyl (C=O) groups is 1. The van der Waals surface area contributed by atoms with E-state index in [1.807, 2.05) is 13.8 Å². The quantitative estimate of drug-likeness (QED) is 0.632. The fourth-order valence-electron chi connectivity index (χ4n) is 4.98. The zero-order chi connectivity index (χ0) is 24.8. The van der Waals surface area contributed by atoms with Crippen LogP contribution in [0, 0.1) is 41.9 Å². The lowest BCUT2D eigenvalue weighted by atomic mass is 9.61. The average molecular weight is 468 g/mol. The maximum absolute atomic E-state index is 14.0. The monoisotopic (exact) mass is 468 g/mol. The summed E-state index contributed by atoms with van der Waals surface area (Å²) in [7, 11) is 0. The van der Waals surface area contributed by atoms with Crippen LogP contribution in [-0.4, -0.2) is 16.0 Å². The molecule has 4 rings (SSSR count). The van der Waals surface area contributed by atoms with Crippen molar-refractivity contribution in [3.8, 4) is 23.8 Å². The summed E-state index contributed by atoms with van der Waals surface area (Å²) in [6, 6.07) is 5.66. The number of Topliss-reactive ketones (excluding diaryl/α,β-unsaturated/α-hetero) is 1. The van der Waals surface area contributed by atoms with Gasteiger partial charge in [-0.25, -0.2) is 0 Å². The van der Waals surface area contributed by atoms with Gasteiger partial charge >= 0.3 is 6.18 Å². The number of aromatic amines is 1. The van der Waals surface area contributed by atoms with Gasteiger partial charge in [0.25, 0.3) is 0 Å². The third-order valence-corrected chi connectivity index (χ3v) is 6.52. The minimum Gasteiger partial charge on any atom is -0.420 e. The summed E-state index contributed by atoms with van der Waals surface area (Å²) in [4.78, 5) is 11.6. The molecule has 0 bridgehead atoms. The number of nitriles is 1. The minimum atomic E-state index is -4.64. The van der Waals surface area contributed by atoms with Gasteiger partial charge in [0.05, 0.1) is 16.5 Å². The van der Waals surface area contributed by atoms with Crippen LogP contribution in [0.3, 0.4) is 0 Å². The van der Waals surface area contributed by atoms with Crippen molar-refractivity contribution in [1.29, 1.82) is 5.26 Å². The van der Waals surface area contributed by atoms with E-state index in [9.17, 15) is 23.2 Å². The molecule has 176 valence electrons. The molecule has 1 aromatic heterocycles. The second-order valence-corrected chi connectivity index (χ2v) is 8.99. The average Bonchev–Trinajstić information content (AvgIpc) is 3.35. The molecule has 2 atom stereocenters. The highest BCUT2D eigenvalue weighted by Gasteiger charge is 2.51. The topological polar surface area (TPSA) is 105 Å². The molecule has 2 aliphatic rings. The van der Waals surface area contributed by atoms with E-state index in [0.717, 1.165) is 12.1 Å². The number of hydrogen-bond acceptors (Lipinski definition) is 5. The van der Waals surface area contributed by atoms with E-state index >= 15 is 0 Å². The zero-order valence-electron chi connectivity index (χ0n) is 18.9. The van der Waals surface area contributed by atoms with Gasteiger partial charge in [-0.2, -0.15) is 18.4 Å². The van der Waals surface area contributed by atoms with E-state index in [-0.39, 0.29) is 40.2 Å². The van der Waals surface area contributed by atoms with Gasteiger partial charge in [-0.15, -0.1) is 5.10 Å². The molecule has 2 unspecified atom stereocenters. The number of nitrogens with one attached hydrogen (secondary N) is 1. The molecule has 0 spiro atoms. The number of fused-ring (bicyclic) bond motifs is 1. The van der Waals surface area contributed by atoms with Gasteiger partial charge in [0.2, 0.25) is 11.8 Å². The Kier molecular flexibility index (Phi) is 5.69. The largest absolute Gasteiger partial charge is 0.420 e. The predicted molar refractivity (Wildman–Crippen MR) is 117 cm³/mol. The van der Waals surface area contributed by atoms with Crippen LogP contribution < -0.4 is 10.5 Å². The Morgan fingerprint density at radius 2 is 2.06 bits per heavy atom. The van der Waals surface area contributed by atoms with E-state index < -0.39 is 23.1 Å². The highest BCUT2D eigenvalue weighted by molar-refractivity contribution is 5.81. The van der Waals surface area contributed by atoms with Gasteiger partial charge in [-0.1, -0.05) is 25.7 Å². The summed E-state index contributed by atoms with van der Waals surface area (Å²) in [6.07, 6.45) is -3.31. The van der Waals surface area contributed by atoms with Crippen molar-refractivity contribution >= 4 is 5.78 Å². The molecule has 3 N–H and O–H groups in total. The Bertz CT molecular complexity index is 1300. The van der Waals surface area contributed by atoms with Crippen LogP contribution in [0.4, 0.5) is 13.2 Å². The lowest BCUT2D eigenvalue weighted by Gasteiger charge is -2.41. The Morgan fingerprint density at radius 3 is 2.65 bits per heavy atom. The van der Waals surface area contributed by atoms with Crippen LogP contribution in [0.5, 0.6) is 5.88 Å². The van der Waals surface area contributed by atoms with Crippen molar-refractivity contribution in [1.82, 2.24) is 10.2 Å². The number of aryl methyl sites for hydroxylation is 1. The molecule has 6 nitrogen and oxygen atoms in total. The second kappa shape index (κ2) is 8.25. The molecule has 2 heterocycles. The smallest absolute Gasteiger partial charge is 0.416 e. The lowest BCUT2D eigenvalue weighted by Crippen LogP contribution is -2.41. The number of ether oxygens (including phenoxy) is 1. The summed E-state index contributed by atoms with van der Waals surface area (Å²) in [5, 5.41) is 17.0. The fourth-order valence-corrected chi connectivity index (χ4v) is 4.98. The first-order chi connectivity index (χ1) is 16.0. The van der Waals surface area contributed by atoms with Crippen LogP contribution in [0.1, 0.15) is 61.1 Å². The van der Waals surface area contributed by atoms with Crippen molar-refractivity contribution in [3.63, 3.8) is 0 Å². The summed E-state index contributed by atoms with van der Waals surface area (Å²) in [5.41, 5.74) is 5.25. The first kappa shape index (κ1) is 23.4. The molecule has 9 heteroatoms. The first-order valence-corrected chi connectivity index (χ1v) is 10.9. The van der Waals surface area contributed by atoms with Crippen LogP contribution >= 0.6 is 0 Å². The molecule has 2 aromatic rings. The summed E-state index contributed by atoms with van der Waals surface area (Å²) < 4.78 is 47.4. The number of nitrogens with two attached hydrogens (primary N) is 1. The molecule has 0 saturated heterocycles. The second-order valence-electron chi connectivity index (χ2n) is 8.99. The highest BCUT2D eigenvalue weighted by Crippen LogP contribution is 2.53. The van der Waals surface area contributed by atoms with Gasteiger partial charge in [0.15, 0.2) is 0 Å². The van der Waals surface area contributed by atoms with Gasteiger partial charge in [0.1, 0.15) is 17.4 Å². The molecule has 1 aromatic carbocycles. The fraction of sp³-hybridized carbons (Fsp3) is 0.400. The van der Waals surface area contributed by atoms with E-state index in [1.54, 1.807) is 13.0 Å². The number of H-pyrrole nitrogens is 1. The molecule has 1 aliphatic heterocycles. The number of aromatic nitrogens is 2.